The minimum absolute atomic E-state index is 0.889. The van der Waals surface area contributed by atoms with Crippen molar-refractivity contribution >= 4 is 28.6 Å². The highest BCUT2D eigenvalue weighted by molar-refractivity contribution is 7.98. The molecule has 15 heavy (non-hydrogen) atoms. The molecule has 4 nitrogen and oxygen atoms in total. The second-order valence-electron chi connectivity index (χ2n) is 3.35. The van der Waals surface area contributed by atoms with Crippen LogP contribution in [0.4, 0.5) is 0 Å². The molecule has 0 aliphatic heterocycles. The van der Waals surface area contributed by atoms with Gasteiger partial charge in [-0.25, -0.2) is 9.67 Å². The lowest BCUT2D eigenvalue weighted by Crippen LogP contribution is -1.90. The first-order chi connectivity index (χ1) is 7.31. The van der Waals surface area contributed by atoms with Gasteiger partial charge in [0.05, 0.1) is 11.0 Å². The molecular formula is C10H10N4S. The van der Waals surface area contributed by atoms with E-state index in [4.69, 9.17) is 0 Å². The molecule has 0 saturated heterocycles. The van der Waals surface area contributed by atoms with Crippen LogP contribution in [0.25, 0.3) is 16.8 Å². The molecule has 0 fully saturated rings. The summed E-state index contributed by atoms with van der Waals surface area (Å²) in [5.41, 5.74) is 2.13. The van der Waals surface area contributed by atoms with E-state index in [0.717, 1.165) is 22.0 Å². The molecule has 0 aliphatic carbocycles. The van der Waals surface area contributed by atoms with Crippen LogP contribution < -0.4 is 0 Å². The van der Waals surface area contributed by atoms with Crippen LogP contribution in [0, 0.1) is 0 Å². The third-order valence-corrected chi connectivity index (χ3v) is 3.07. The lowest BCUT2D eigenvalue weighted by Gasteiger charge is -1.92. The van der Waals surface area contributed by atoms with Gasteiger partial charge in [-0.05, 0) is 18.4 Å². The van der Waals surface area contributed by atoms with Gasteiger partial charge in [0.1, 0.15) is 0 Å². The van der Waals surface area contributed by atoms with Crippen molar-refractivity contribution in [2.75, 3.05) is 6.26 Å². The molecule has 0 atom stereocenters. The summed E-state index contributed by atoms with van der Waals surface area (Å²) in [6.07, 6.45) is 2.02. The minimum atomic E-state index is 0.889. The number of aryl methyl sites for hydroxylation is 1. The molecule has 0 bridgehead atoms. The molecule has 76 valence electrons. The van der Waals surface area contributed by atoms with E-state index in [1.807, 2.05) is 36.2 Å². The topological polar surface area (TPSA) is 35.1 Å². The molecule has 2 heterocycles. The van der Waals surface area contributed by atoms with E-state index in [0.29, 0.717) is 0 Å². The Morgan fingerprint density at radius 3 is 2.87 bits per heavy atom. The lowest BCUT2D eigenvalue weighted by atomic mass is 10.3. The molecule has 0 spiro atoms. The number of rotatable bonds is 1. The normalized spacial score (nSPS) is 11.6. The van der Waals surface area contributed by atoms with Crippen LogP contribution in [0.3, 0.4) is 0 Å². The molecule has 3 aromatic rings. The molecule has 0 unspecified atom stereocenters. The van der Waals surface area contributed by atoms with Crippen LogP contribution in [0.5, 0.6) is 0 Å². The van der Waals surface area contributed by atoms with E-state index in [1.54, 1.807) is 11.8 Å². The van der Waals surface area contributed by atoms with Crippen LogP contribution in [0.1, 0.15) is 0 Å². The second-order valence-corrected chi connectivity index (χ2v) is 4.12. The Hall–Kier alpha value is -1.49. The number of fused-ring (bicyclic) bond motifs is 3. The van der Waals surface area contributed by atoms with E-state index in [9.17, 15) is 0 Å². The Bertz CT molecular complexity index is 637. The fourth-order valence-corrected chi connectivity index (χ4v) is 2.34. The van der Waals surface area contributed by atoms with Gasteiger partial charge >= 0.3 is 0 Å². The average Bonchev–Trinajstić information content (AvgIpc) is 2.77. The standard InChI is InChI=1S/C10H10N4S/c1-13-9-11-7-5-3-4-6-8(7)14(9)10(12-13)15-2/h3-6H,1-2H3. The number of nitrogens with zero attached hydrogens (tertiary/aromatic N) is 4. The Balaban J connectivity index is 2.56. The summed E-state index contributed by atoms with van der Waals surface area (Å²) in [6.45, 7) is 0. The Morgan fingerprint density at radius 1 is 1.27 bits per heavy atom. The van der Waals surface area contributed by atoms with Crippen LogP contribution in [0.2, 0.25) is 0 Å². The zero-order chi connectivity index (χ0) is 10.4. The minimum Gasteiger partial charge on any atom is -0.254 e. The smallest absolute Gasteiger partial charge is 0.233 e. The molecule has 1 aromatic carbocycles. The number of hydrogen-bond donors (Lipinski definition) is 0. The summed E-state index contributed by atoms with van der Waals surface area (Å²) < 4.78 is 3.89. The SMILES string of the molecule is CSc1nn(C)c2nc3ccccc3n12. The van der Waals surface area contributed by atoms with E-state index < -0.39 is 0 Å². The van der Waals surface area contributed by atoms with Crippen LogP contribution in [-0.2, 0) is 7.05 Å². The largest absolute Gasteiger partial charge is 0.254 e. The molecule has 2 aromatic heterocycles. The molecule has 0 aliphatic rings. The number of para-hydroxylation sites is 2. The van der Waals surface area contributed by atoms with Crippen molar-refractivity contribution in [3.63, 3.8) is 0 Å². The van der Waals surface area contributed by atoms with Crippen molar-refractivity contribution in [2.24, 2.45) is 7.05 Å². The van der Waals surface area contributed by atoms with Gasteiger partial charge in [-0.1, -0.05) is 23.9 Å². The summed E-state index contributed by atoms with van der Waals surface area (Å²) >= 11 is 1.63. The number of aromatic nitrogens is 4. The van der Waals surface area contributed by atoms with Crippen molar-refractivity contribution in [3.8, 4) is 0 Å². The average molecular weight is 218 g/mol. The third kappa shape index (κ3) is 1.10. The zero-order valence-electron chi connectivity index (χ0n) is 8.51. The quantitative estimate of drug-likeness (QED) is 0.585. The maximum absolute atomic E-state index is 4.53. The van der Waals surface area contributed by atoms with Gasteiger partial charge in [-0.2, -0.15) is 0 Å². The lowest BCUT2D eigenvalue weighted by molar-refractivity contribution is 0.751. The number of imidazole rings is 1. The number of benzene rings is 1. The van der Waals surface area contributed by atoms with E-state index in [2.05, 4.69) is 20.5 Å². The maximum Gasteiger partial charge on any atom is 0.233 e. The highest BCUT2D eigenvalue weighted by atomic mass is 32.2. The van der Waals surface area contributed by atoms with Crippen molar-refractivity contribution < 1.29 is 0 Å². The predicted octanol–water partition coefficient (Wildman–Crippen LogP) is 1.94. The summed E-state index contributed by atoms with van der Waals surface area (Å²) in [7, 11) is 1.92. The predicted molar refractivity (Wildman–Crippen MR) is 61.2 cm³/mol. The maximum atomic E-state index is 4.53. The molecule has 0 radical (unpaired) electrons. The van der Waals surface area contributed by atoms with E-state index in [-0.39, 0.29) is 0 Å². The van der Waals surface area contributed by atoms with Crippen molar-refractivity contribution in [2.45, 2.75) is 5.16 Å². The Morgan fingerprint density at radius 2 is 2.07 bits per heavy atom. The van der Waals surface area contributed by atoms with E-state index >= 15 is 0 Å². The van der Waals surface area contributed by atoms with Crippen molar-refractivity contribution in [3.05, 3.63) is 24.3 Å². The first-order valence-corrected chi connectivity index (χ1v) is 5.88. The zero-order valence-corrected chi connectivity index (χ0v) is 9.32. The third-order valence-electron chi connectivity index (χ3n) is 2.44. The van der Waals surface area contributed by atoms with Crippen LogP contribution in [-0.4, -0.2) is 25.4 Å². The summed E-state index contributed by atoms with van der Waals surface area (Å²) in [6, 6.07) is 8.11. The first-order valence-electron chi connectivity index (χ1n) is 4.65. The first kappa shape index (κ1) is 8.79. The van der Waals surface area contributed by atoms with Gasteiger partial charge in [0, 0.05) is 7.05 Å². The fraction of sp³-hybridized carbons (Fsp3) is 0.200. The highest BCUT2D eigenvalue weighted by Gasteiger charge is 2.12. The molecular weight excluding hydrogens is 208 g/mol. The van der Waals surface area contributed by atoms with Crippen LogP contribution in [0.15, 0.2) is 29.4 Å². The van der Waals surface area contributed by atoms with Crippen molar-refractivity contribution in [1.29, 1.82) is 0 Å². The Labute approximate surface area is 90.9 Å². The van der Waals surface area contributed by atoms with Gasteiger partial charge in [0.15, 0.2) is 5.16 Å². The highest BCUT2D eigenvalue weighted by Crippen LogP contribution is 2.22. The fourth-order valence-electron chi connectivity index (χ4n) is 1.77. The summed E-state index contributed by atoms with van der Waals surface area (Å²) in [5, 5.41) is 5.37. The number of hydrogen-bond acceptors (Lipinski definition) is 3. The summed E-state index contributed by atoms with van der Waals surface area (Å²) in [4.78, 5) is 4.53. The van der Waals surface area contributed by atoms with Gasteiger partial charge in [0.2, 0.25) is 5.78 Å². The molecule has 0 saturated carbocycles. The van der Waals surface area contributed by atoms with Crippen LogP contribution >= 0.6 is 11.8 Å². The van der Waals surface area contributed by atoms with Gasteiger partial charge in [-0.15, -0.1) is 5.10 Å². The molecule has 3 rings (SSSR count). The monoisotopic (exact) mass is 218 g/mol. The molecule has 0 amide bonds. The van der Waals surface area contributed by atoms with E-state index in [1.165, 1.54) is 0 Å². The molecule has 0 N–H and O–H groups in total. The Kier molecular flexibility index (Phi) is 1.76. The second kappa shape index (κ2) is 3.00. The van der Waals surface area contributed by atoms with Crippen molar-refractivity contribution in [1.82, 2.24) is 19.2 Å². The molecule has 5 heteroatoms. The summed E-state index contributed by atoms with van der Waals surface area (Å²) in [5.74, 6) is 0.889. The van der Waals surface area contributed by atoms with Gasteiger partial charge in [-0.3, -0.25) is 4.40 Å². The van der Waals surface area contributed by atoms with Gasteiger partial charge in [0.25, 0.3) is 0 Å². The van der Waals surface area contributed by atoms with Gasteiger partial charge < -0.3 is 0 Å². The number of thioether (sulfide) groups is 1.